The van der Waals surface area contributed by atoms with Crippen molar-refractivity contribution in [1.29, 1.82) is 0 Å². The van der Waals surface area contributed by atoms with Crippen LogP contribution < -0.4 is 15.0 Å². The Bertz CT molecular complexity index is 1030. The van der Waals surface area contributed by atoms with Crippen molar-refractivity contribution < 1.29 is 17.9 Å². The quantitative estimate of drug-likeness (QED) is 0.799. The second-order valence-electron chi connectivity index (χ2n) is 6.97. The number of thioether (sulfide) groups is 1. The van der Waals surface area contributed by atoms with Crippen molar-refractivity contribution in [3.8, 4) is 5.75 Å². The fourth-order valence-corrected chi connectivity index (χ4v) is 5.94. The number of anilines is 2. The smallest absolute Gasteiger partial charge is 0.243 e. The van der Waals surface area contributed by atoms with Crippen molar-refractivity contribution >= 4 is 39.1 Å². The van der Waals surface area contributed by atoms with E-state index in [1.54, 1.807) is 25.3 Å². The number of nitrogens with one attached hydrogen (secondary N) is 1. The maximum absolute atomic E-state index is 13.1. The number of para-hydroxylation sites is 2. The van der Waals surface area contributed by atoms with Crippen LogP contribution in [0.3, 0.4) is 0 Å². The maximum Gasteiger partial charge on any atom is 0.243 e. The van der Waals surface area contributed by atoms with E-state index in [1.807, 2.05) is 31.2 Å². The second-order valence-corrected chi connectivity index (χ2v) is 10.3. The van der Waals surface area contributed by atoms with E-state index in [2.05, 4.69) is 10.2 Å². The Morgan fingerprint density at radius 1 is 1.10 bits per heavy atom. The van der Waals surface area contributed by atoms with Crippen LogP contribution >= 0.6 is 11.8 Å². The molecule has 29 heavy (non-hydrogen) atoms. The molecule has 2 aromatic rings. The maximum atomic E-state index is 13.1. The van der Waals surface area contributed by atoms with Crippen molar-refractivity contribution in [3.63, 3.8) is 0 Å². The van der Waals surface area contributed by atoms with Crippen LogP contribution in [0.1, 0.15) is 6.92 Å². The highest BCUT2D eigenvalue weighted by Crippen LogP contribution is 2.37. The van der Waals surface area contributed by atoms with Crippen molar-refractivity contribution in [2.45, 2.75) is 22.0 Å². The lowest BCUT2D eigenvalue weighted by Crippen LogP contribution is -2.48. The summed E-state index contributed by atoms with van der Waals surface area (Å²) in [6.07, 6.45) is 0. The van der Waals surface area contributed by atoms with Crippen molar-refractivity contribution in [1.82, 2.24) is 4.31 Å². The van der Waals surface area contributed by atoms with E-state index < -0.39 is 10.0 Å². The largest absolute Gasteiger partial charge is 0.495 e. The molecule has 0 unspecified atom stereocenters. The summed E-state index contributed by atoms with van der Waals surface area (Å²) in [6.45, 7) is 3.75. The van der Waals surface area contributed by atoms with Gasteiger partial charge in [0, 0.05) is 31.1 Å². The summed E-state index contributed by atoms with van der Waals surface area (Å²) < 4.78 is 33.2. The summed E-state index contributed by atoms with van der Waals surface area (Å²) in [5, 5.41) is 2.61. The summed E-state index contributed by atoms with van der Waals surface area (Å²) in [5.74, 6) is 0.670. The topological polar surface area (TPSA) is 79.0 Å². The molecule has 2 heterocycles. The molecule has 2 aliphatic rings. The first-order valence-electron chi connectivity index (χ1n) is 9.40. The molecule has 1 atom stereocenters. The van der Waals surface area contributed by atoms with Crippen molar-refractivity contribution in [2.24, 2.45) is 0 Å². The van der Waals surface area contributed by atoms with Crippen LogP contribution in [-0.2, 0) is 14.8 Å². The van der Waals surface area contributed by atoms with Crippen LogP contribution in [0.2, 0.25) is 0 Å². The predicted molar refractivity (Wildman–Crippen MR) is 114 cm³/mol. The van der Waals surface area contributed by atoms with Crippen LogP contribution in [0.25, 0.3) is 0 Å². The second kappa shape index (κ2) is 7.89. The van der Waals surface area contributed by atoms with Gasteiger partial charge in [0.25, 0.3) is 0 Å². The van der Waals surface area contributed by atoms with Gasteiger partial charge in [0.05, 0.1) is 28.6 Å². The van der Waals surface area contributed by atoms with Gasteiger partial charge in [0.1, 0.15) is 5.75 Å². The first-order chi connectivity index (χ1) is 13.9. The van der Waals surface area contributed by atoms with Crippen LogP contribution in [0.15, 0.2) is 52.3 Å². The molecule has 1 saturated heterocycles. The molecule has 0 radical (unpaired) electrons. The summed E-state index contributed by atoms with van der Waals surface area (Å²) in [5.41, 5.74) is 1.53. The molecule has 0 aliphatic carbocycles. The molecule has 0 aromatic heterocycles. The van der Waals surface area contributed by atoms with Gasteiger partial charge in [0.2, 0.25) is 15.9 Å². The molecule has 154 valence electrons. The van der Waals surface area contributed by atoms with Gasteiger partial charge in [-0.3, -0.25) is 4.79 Å². The Hall–Kier alpha value is -2.23. The summed E-state index contributed by atoms with van der Waals surface area (Å²) in [6, 6.07) is 12.7. The first-order valence-corrected chi connectivity index (χ1v) is 11.7. The van der Waals surface area contributed by atoms with Gasteiger partial charge in [-0.25, -0.2) is 8.42 Å². The van der Waals surface area contributed by atoms with E-state index in [9.17, 15) is 13.2 Å². The number of fused-ring (bicyclic) bond motifs is 1. The number of nitrogens with zero attached hydrogens (tertiary/aromatic N) is 2. The molecular weight excluding hydrogens is 410 g/mol. The number of ether oxygens (including phenoxy) is 1. The molecule has 9 heteroatoms. The Kier molecular flexibility index (Phi) is 5.46. The number of piperazine rings is 1. The van der Waals surface area contributed by atoms with E-state index in [0.717, 1.165) is 16.3 Å². The van der Waals surface area contributed by atoms with E-state index in [0.29, 0.717) is 31.9 Å². The minimum absolute atomic E-state index is 0.109. The molecule has 0 spiro atoms. The first kappa shape index (κ1) is 20.1. The van der Waals surface area contributed by atoms with Crippen LogP contribution in [-0.4, -0.2) is 57.2 Å². The molecule has 0 bridgehead atoms. The van der Waals surface area contributed by atoms with Crippen molar-refractivity contribution in [2.75, 3.05) is 43.5 Å². The molecule has 2 aromatic carbocycles. The number of rotatable bonds is 4. The Balaban J connectivity index is 1.51. The van der Waals surface area contributed by atoms with Crippen molar-refractivity contribution in [3.05, 3.63) is 42.5 Å². The summed E-state index contributed by atoms with van der Waals surface area (Å²) in [7, 11) is -2.00. The molecule has 1 fully saturated rings. The Labute approximate surface area is 175 Å². The number of benzene rings is 2. The van der Waals surface area contributed by atoms with Crippen LogP contribution in [0.5, 0.6) is 5.75 Å². The predicted octanol–water partition coefficient (Wildman–Crippen LogP) is 2.64. The molecular formula is C20H23N3O4S2. The third-order valence-corrected chi connectivity index (χ3v) is 8.26. The average molecular weight is 434 g/mol. The number of amides is 1. The van der Waals surface area contributed by atoms with Gasteiger partial charge in [-0.1, -0.05) is 12.1 Å². The van der Waals surface area contributed by atoms with E-state index >= 15 is 0 Å². The van der Waals surface area contributed by atoms with Crippen LogP contribution in [0, 0.1) is 0 Å². The zero-order valence-electron chi connectivity index (χ0n) is 16.3. The highest BCUT2D eigenvalue weighted by atomic mass is 32.2. The SMILES string of the molecule is COc1ccccc1N1CCN(S(=O)(=O)c2ccc3c(c2)NC(=O)[C@H](C)S3)CC1. The van der Waals surface area contributed by atoms with Gasteiger partial charge in [-0.15, -0.1) is 11.8 Å². The molecule has 4 rings (SSSR count). The molecule has 7 nitrogen and oxygen atoms in total. The Morgan fingerprint density at radius 3 is 2.55 bits per heavy atom. The number of methoxy groups -OCH3 is 1. The Morgan fingerprint density at radius 2 is 1.83 bits per heavy atom. The van der Waals surface area contributed by atoms with Crippen LogP contribution in [0.4, 0.5) is 11.4 Å². The number of hydrogen-bond acceptors (Lipinski definition) is 6. The van der Waals surface area contributed by atoms with E-state index in [1.165, 1.54) is 16.1 Å². The van der Waals surface area contributed by atoms with E-state index in [4.69, 9.17) is 4.74 Å². The zero-order valence-corrected chi connectivity index (χ0v) is 17.9. The minimum atomic E-state index is -3.63. The van der Waals surface area contributed by atoms with Gasteiger partial charge in [0.15, 0.2) is 0 Å². The standard InChI is InChI=1S/C20H23N3O4S2/c1-14-20(24)21-16-13-15(7-8-19(16)28-14)29(25,26)23-11-9-22(10-12-23)17-5-3-4-6-18(17)27-2/h3-8,13-14H,9-12H2,1-2H3,(H,21,24)/t14-/m0/s1. The number of carbonyl (C=O) groups excluding carboxylic acids is 1. The average Bonchev–Trinajstić information content (AvgIpc) is 2.74. The number of sulfonamides is 1. The third kappa shape index (κ3) is 3.82. The molecule has 2 aliphatic heterocycles. The van der Waals surface area contributed by atoms with Gasteiger partial charge in [-0.2, -0.15) is 4.31 Å². The molecule has 1 N–H and O–H groups in total. The van der Waals surface area contributed by atoms with Gasteiger partial charge in [-0.05, 0) is 37.3 Å². The lowest BCUT2D eigenvalue weighted by atomic mass is 10.2. The highest BCUT2D eigenvalue weighted by Gasteiger charge is 2.31. The summed E-state index contributed by atoms with van der Waals surface area (Å²) in [4.78, 5) is 15.2. The normalized spacial score (nSPS) is 20.1. The monoisotopic (exact) mass is 433 g/mol. The number of hydrogen-bond donors (Lipinski definition) is 1. The third-order valence-electron chi connectivity index (χ3n) is 5.18. The molecule has 1 amide bonds. The van der Waals surface area contributed by atoms with E-state index in [-0.39, 0.29) is 16.1 Å². The molecule has 0 saturated carbocycles. The number of carbonyl (C=O) groups is 1. The highest BCUT2D eigenvalue weighted by molar-refractivity contribution is 8.01. The van der Waals surface area contributed by atoms with Gasteiger partial charge >= 0.3 is 0 Å². The lowest BCUT2D eigenvalue weighted by Gasteiger charge is -2.36. The fraction of sp³-hybridized carbons (Fsp3) is 0.350. The zero-order chi connectivity index (χ0) is 20.6. The van der Waals surface area contributed by atoms with Gasteiger partial charge < -0.3 is 15.0 Å². The lowest BCUT2D eigenvalue weighted by molar-refractivity contribution is -0.115. The fourth-order valence-electron chi connectivity index (χ4n) is 3.56. The summed E-state index contributed by atoms with van der Waals surface area (Å²) >= 11 is 1.44. The minimum Gasteiger partial charge on any atom is -0.495 e.